The maximum atomic E-state index is 13.2. The van der Waals surface area contributed by atoms with E-state index in [9.17, 15) is 4.39 Å². The number of hydrogen-bond donors (Lipinski definition) is 1. The molecule has 0 amide bonds. The summed E-state index contributed by atoms with van der Waals surface area (Å²) < 4.78 is 13.7. The highest BCUT2D eigenvalue weighted by atomic mass is 79.9. The molecule has 78 valence electrons. The van der Waals surface area contributed by atoms with Gasteiger partial charge in [0.1, 0.15) is 5.82 Å². The minimum absolute atomic E-state index is 0.0972. The van der Waals surface area contributed by atoms with Gasteiger partial charge < -0.3 is 5.73 Å². The van der Waals surface area contributed by atoms with Gasteiger partial charge in [-0.25, -0.2) is 4.39 Å². The van der Waals surface area contributed by atoms with Gasteiger partial charge in [0.05, 0.1) is 4.47 Å². The molecule has 0 aliphatic carbocycles. The molecule has 1 aromatic carbocycles. The van der Waals surface area contributed by atoms with Crippen molar-refractivity contribution in [2.75, 3.05) is 0 Å². The average Bonchev–Trinajstić information content (AvgIpc) is 2.08. The molecule has 0 aromatic heterocycles. The molecule has 1 unspecified atom stereocenters. The van der Waals surface area contributed by atoms with Gasteiger partial charge in [-0.05, 0) is 39.9 Å². The van der Waals surface area contributed by atoms with E-state index in [0.29, 0.717) is 10.4 Å². The number of rotatable bonds is 3. The zero-order chi connectivity index (χ0) is 10.7. The van der Waals surface area contributed by atoms with E-state index in [2.05, 4.69) is 29.8 Å². The lowest BCUT2D eigenvalue weighted by molar-refractivity contribution is 0.505. The van der Waals surface area contributed by atoms with E-state index in [4.69, 9.17) is 5.73 Å². The molecule has 0 aliphatic rings. The van der Waals surface area contributed by atoms with E-state index in [1.54, 1.807) is 6.07 Å². The molecule has 1 rings (SSSR count). The molecule has 0 bridgehead atoms. The van der Waals surface area contributed by atoms with E-state index in [1.807, 2.05) is 6.07 Å². The van der Waals surface area contributed by atoms with Crippen molar-refractivity contribution in [1.82, 2.24) is 0 Å². The Kier molecular flexibility index (Phi) is 4.08. The molecule has 0 aliphatic heterocycles. The predicted molar refractivity (Wildman–Crippen MR) is 60.5 cm³/mol. The van der Waals surface area contributed by atoms with Crippen LogP contribution in [0.1, 0.15) is 31.9 Å². The second-order valence-corrected chi connectivity index (χ2v) is 4.67. The maximum absolute atomic E-state index is 13.2. The van der Waals surface area contributed by atoms with Crippen LogP contribution in [0.25, 0.3) is 0 Å². The fraction of sp³-hybridized carbons (Fsp3) is 0.455. The second kappa shape index (κ2) is 4.89. The standard InChI is InChI=1S/C11H15BrFN/c1-7(2)6-10(14)8-4-3-5-9(13)11(8)12/h3-5,7,10H,6,14H2,1-2H3. The topological polar surface area (TPSA) is 26.0 Å². The molecule has 0 radical (unpaired) electrons. The zero-order valence-electron chi connectivity index (χ0n) is 8.43. The highest BCUT2D eigenvalue weighted by Gasteiger charge is 2.13. The van der Waals surface area contributed by atoms with Crippen LogP contribution in [0.3, 0.4) is 0 Å². The van der Waals surface area contributed by atoms with Gasteiger partial charge in [-0.3, -0.25) is 0 Å². The molecule has 1 nitrogen and oxygen atoms in total. The van der Waals surface area contributed by atoms with Gasteiger partial charge in [0.15, 0.2) is 0 Å². The maximum Gasteiger partial charge on any atom is 0.137 e. The Labute approximate surface area is 92.6 Å². The van der Waals surface area contributed by atoms with Gasteiger partial charge in [-0.15, -0.1) is 0 Å². The van der Waals surface area contributed by atoms with Gasteiger partial charge in [0.2, 0.25) is 0 Å². The first-order valence-electron chi connectivity index (χ1n) is 4.72. The molecule has 3 heteroatoms. The van der Waals surface area contributed by atoms with Crippen LogP contribution < -0.4 is 5.73 Å². The monoisotopic (exact) mass is 259 g/mol. The zero-order valence-corrected chi connectivity index (χ0v) is 10.0. The molecular formula is C11H15BrFN. The smallest absolute Gasteiger partial charge is 0.137 e. The van der Waals surface area contributed by atoms with Crippen LogP contribution in [-0.2, 0) is 0 Å². The molecule has 1 atom stereocenters. The molecule has 0 saturated carbocycles. The average molecular weight is 260 g/mol. The summed E-state index contributed by atoms with van der Waals surface area (Å²) in [4.78, 5) is 0. The Morgan fingerprint density at radius 3 is 2.64 bits per heavy atom. The quantitative estimate of drug-likeness (QED) is 0.882. The number of benzene rings is 1. The van der Waals surface area contributed by atoms with Crippen molar-refractivity contribution >= 4 is 15.9 Å². The molecule has 0 saturated heterocycles. The summed E-state index contributed by atoms with van der Waals surface area (Å²) in [5.74, 6) is 0.266. The van der Waals surface area contributed by atoms with E-state index < -0.39 is 0 Å². The molecule has 0 fully saturated rings. The normalized spacial score (nSPS) is 13.3. The van der Waals surface area contributed by atoms with Crippen molar-refractivity contribution in [1.29, 1.82) is 0 Å². The van der Waals surface area contributed by atoms with E-state index in [-0.39, 0.29) is 11.9 Å². The third-order valence-electron chi connectivity index (χ3n) is 2.11. The van der Waals surface area contributed by atoms with Crippen LogP contribution in [-0.4, -0.2) is 0 Å². The summed E-state index contributed by atoms with van der Waals surface area (Å²) in [7, 11) is 0. The summed E-state index contributed by atoms with van der Waals surface area (Å²) in [6, 6.07) is 4.88. The minimum atomic E-state index is -0.248. The second-order valence-electron chi connectivity index (χ2n) is 3.88. The van der Waals surface area contributed by atoms with Crippen molar-refractivity contribution in [3.05, 3.63) is 34.1 Å². The van der Waals surface area contributed by atoms with Gasteiger partial charge in [0, 0.05) is 6.04 Å². The van der Waals surface area contributed by atoms with Crippen molar-refractivity contribution in [2.45, 2.75) is 26.3 Å². The van der Waals surface area contributed by atoms with Crippen molar-refractivity contribution in [3.8, 4) is 0 Å². The summed E-state index contributed by atoms with van der Waals surface area (Å²) in [5, 5.41) is 0. The third-order valence-corrected chi connectivity index (χ3v) is 2.94. The molecule has 14 heavy (non-hydrogen) atoms. The molecule has 2 N–H and O–H groups in total. The minimum Gasteiger partial charge on any atom is -0.324 e. The highest BCUT2D eigenvalue weighted by Crippen LogP contribution is 2.28. The lowest BCUT2D eigenvalue weighted by atomic mass is 9.98. The Morgan fingerprint density at radius 2 is 2.07 bits per heavy atom. The predicted octanol–water partition coefficient (Wildman–Crippen LogP) is 3.63. The molecular weight excluding hydrogens is 245 g/mol. The summed E-state index contributed by atoms with van der Waals surface area (Å²) in [5.41, 5.74) is 6.82. The first-order chi connectivity index (χ1) is 6.52. The van der Waals surface area contributed by atoms with Crippen LogP contribution in [0.15, 0.2) is 22.7 Å². The van der Waals surface area contributed by atoms with Crippen LogP contribution in [0.5, 0.6) is 0 Å². The van der Waals surface area contributed by atoms with Crippen molar-refractivity contribution in [2.24, 2.45) is 11.7 Å². The lowest BCUT2D eigenvalue weighted by Gasteiger charge is -2.16. The first kappa shape index (κ1) is 11.7. The van der Waals surface area contributed by atoms with Crippen LogP contribution in [0, 0.1) is 11.7 Å². The summed E-state index contributed by atoms with van der Waals surface area (Å²) in [6.07, 6.45) is 0.863. The Hall–Kier alpha value is -0.410. The summed E-state index contributed by atoms with van der Waals surface area (Å²) in [6.45, 7) is 4.21. The fourth-order valence-electron chi connectivity index (χ4n) is 1.44. The Bertz CT molecular complexity index is 312. The number of hydrogen-bond acceptors (Lipinski definition) is 1. The number of halogens is 2. The van der Waals surface area contributed by atoms with Gasteiger partial charge in [-0.2, -0.15) is 0 Å². The number of nitrogens with two attached hydrogens (primary N) is 1. The van der Waals surface area contributed by atoms with Crippen LogP contribution in [0.4, 0.5) is 4.39 Å². The SMILES string of the molecule is CC(C)CC(N)c1cccc(F)c1Br. The van der Waals surface area contributed by atoms with Crippen LogP contribution in [0.2, 0.25) is 0 Å². The Morgan fingerprint density at radius 1 is 1.43 bits per heavy atom. The van der Waals surface area contributed by atoms with Gasteiger partial charge in [-0.1, -0.05) is 26.0 Å². The van der Waals surface area contributed by atoms with E-state index in [0.717, 1.165) is 12.0 Å². The van der Waals surface area contributed by atoms with Crippen molar-refractivity contribution in [3.63, 3.8) is 0 Å². The van der Waals surface area contributed by atoms with E-state index >= 15 is 0 Å². The van der Waals surface area contributed by atoms with Gasteiger partial charge >= 0.3 is 0 Å². The largest absolute Gasteiger partial charge is 0.324 e. The molecule has 0 spiro atoms. The third kappa shape index (κ3) is 2.79. The lowest BCUT2D eigenvalue weighted by Crippen LogP contribution is -2.13. The Balaban J connectivity index is 2.89. The molecule has 1 aromatic rings. The first-order valence-corrected chi connectivity index (χ1v) is 5.51. The highest BCUT2D eigenvalue weighted by molar-refractivity contribution is 9.10. The molecule has 0 heterocycles. The van der Waals surface area contributed by atoms with Crippen molar-refractivity contribution < 1.29 is 4.39 Å². The van der Waals surface area contributed by atoms with Gasteiger partial charge in [0.25, 0.3) is 0 Å². The summed E-state index contributed by atoms with van der Waals surface area (Å²) >= 11 is 3.22. The van der Waals surface area contributed by atoms with Crippen LogP contribution >= 0.6 is 15.9 Å². The fourth-order valence-corrected chi connectivity index (χ4v) is 2.00. The van der Waals surface area contributed by atoms with E-state index in [1.165, 1.54) is 6.07 Å².